The average molecular weight is 235 g/mol. The number of nitrogen functional groups attached to an aromatic ring is 1. The number of nitrogens with two attached hydrogens (primary N) is 1. The van der Waals surface area contributed by atoms with Gasteiger partial charge in [-0.15, -0.1) is 0 Å². The minimum atomic E-state index is -0.499. The van der Waals surface area contributed by atoms with Gasteiger partial charge in [0.15, 0.2) is 0 Å². The Hall–Kier alpha value is -2.17. The van der Waals surface area contributed by atoms with Crippen LogP contribution >= 0.6 is 0 Å². The SMILES string of the molecule is CCOC(=O)c1c(C)oc2ccc(O)c(N)c12. The van der Waals surface area contributed by atoms with Crippen LogP contribution in [0.4, 0.5) is 5.69 Å². The first-order chi connectivity index (χ1) is 8.06. The number of aryl methyl sites for hydroxylation is 1. The number of carbonyl (C=O) groups excluding carboxylic acids is 1. The predicted octanol–water partition coefficient (Wildman–Crippen LogP) is 2.21. The lowest BCUT2D eigenvalue weighted by Crippen LogP contribution is -2.06. The summed E-state index contributed by atoms with van der Waals surface area (Å²) in [6.45, 7) is 3.64. The van der Waals surface area contributed by atoms with Crippen molar-refractivity contribution in [2.24, 2.45) is 0 Å². The van der Waals surface area contributed by atoms with Gasteiger partial charge in [0.2, 0.25) is 0 Å². The first kappa shape index (κ1) is 11.3. The molecule has 90 valence electrons. The number of anilines is 1. The number of fused-ring (bicyclic) bond motifs is 1. The number of esters is 1. The maximum Gasteiger partial charge on any atom is 0.342 e. The molecule has 3 N–H and O–H groups in total. The average Bonchev–Trinajstić information content (AvgIpc) is 2.61. The van der Waals surface area contributed by atoms with E-state index in [1.807, 2.05) is 0 Å². The molecular formula is C12H13NO4. The molecule has 1 aromatic heterocycles. The van der Waals surface area contributed by atoms with Gasteiger partial charge in [-0.05, 0) is 26.0 Å². The van der Waals surface area contributed by atoms with Crippen LogP contribution in [0.3, 0.4) is 0 Å². The number of phenolic OH excluding ortho intramolecular Hbond substituents is 1. The quantitative estimate of drug-likeness (QED) is 0.473. The van der Waals surface area contributed by atoms with Crippen LogP contribution in [0, 0.1) is 6.92 Å². The molecule has 0 aliphatic rings. The molecule has 1 heterocycles. The zero-order valence-corrected chi connectivity index (χ0v) is 9.61. The van der Waals surface area contributed by atoms with Gasteiger partial charge < -0.3 is 20.0 Å². The van der Waals surface area contributed by atoms with E-state index in [2.05, 4.69) is 0 Å². The monoisotopic (exact) mass is 235 g/mol. The Labute approximate surface area is 97.8 Å². The minimum Gasteiger partial charge on any atom is -0.506 e. The van der Waals surface area contributed by atoms with Crippen molar-refractivity contribution < 1.29 is 19.1 Å². The Morgan fingerprint density at radius 2 is 2.24 bits per heavy atom. The van der Waals surface area contributed by atoms with Crippen LogP contribution in [0.25, 0.3) is 11.0 Å². The molecule has 5 nitrogen and oxygen atoms in total. The van der Waals surface area contributed by atoms with Crippen LogP contribution in [0.2, 0.25) is 0 Å². The minimum absolute atomic E-state index is 0.0798. The number of hydrogen-bond acceptors (Lipinski definition) is 5. The van der Waals surface area contributed by atoms with Gasteiger partial charge in [-0.1, -0.05) is 0 Å². The Morgan fingerprint density at radius 1 is 1.53 bits per heavy atom. The summed E-state index contributed by atoms with van der Waals surface area (Å²) < 4.78 is 10.3. The highest BCUT2D eigenvalue weighted by Crippen LogP contribution is 2.35. The molecular weight excluding hydrogens is 222 g/mol. The standard InChI is InChI=1S/C12H13NO4/c1-3-16-12(15)9-6(2)17-8-5-4-7(14)11(13)10(8)9/h4-5,14H,3,13H2,1-2H3. The van der Waals surface area contributed by atoms with E-state index in [1.54, 1.807) is 19.9 Å². The van der Waals surface area contributed by atoms with Gasteiger partial charge in [-0.25, -0.2) is 4.79 Å². The van der Waals surface area contributed by atoms with E-state index < -0.39 is 5.97 Å². The normalized spacial score (nSPS) is 10.7. The Bertz CT molecular complexity index is 586. The van der Waals surface area contributed by atoms with Crippen molar-refractivity contribution in [3.05, 3.63) is 23.5 Å². The third-order valence-corrected chi connectivity index (χ3v) is 2.53. The zero-order chi connectivity index (χ0) is 12.6. The lowest BCUT2D eigenvalue weighted by molar-refractivity contribution is 0.0526. The summed E-state index contributed by atoms with van der Waals surface area (Å²) in [5.41, 5.74) is 6.61. The molecule has 0 atom stereocenters. The summed E-state index contributed by atoms with van der Waals surface area (Å²) in [5.74, 6) is -0.152. The largest absolute Gasteiger partial charge is 0.506 e. The summed E-state index contributed by atoms with van der Waals surface area (Å²) in [4.78, 5) is 11.8. The molecule has 0 aliphatic heterocycles. The number of aromatic hydroxyl groups is 1. The van der Waals surface area contributed by atoms with Crippen molar-refractivity contribution in [1.29, 1.82) is 0 Å². The summed E-state index contributed by atoms with van der Waals surface area (Å²) in [7, 11) is 0. The molecule has 2 rings (SSSR count). The third kappa shape index (κ3) is 1.69. The molecule has 0 unspecified atom stereocenters. The first-order valence-corrected chi connectivity index (χ1v) is 5.24. The van der Waals surface area contributed by atoms with Crippen molar-refractivity contribution in [3.63, 3.8) is 0 Å². The fourth-order valence-corrected chi connectivity index (χ4v) is 1.77. The highest BCUT2D eigenvalue weighted by Gasteiger charge is 2.22. The van der Waals surface area contributed by atoms with Gasteiger partial charge in [-0.3, -0.25) is 0 Å². The Balaban J connectivity index is 2.73. The third-order valence-electron chi connectivity index (χ3n) is 2.53. The number of carbonyl (C=O) groups is 1. The van der Waals surface area contributed by atoms with Crippen molar-refractivity contribution >= 4 is 22.6 Å². The molecule has 2 aromatic rings. The van der Waals surface area contributed by atoms with Crippen molar-refractivity contribution in [1.82, 2.24) is 0 Å². The van der Waals surface area contributed by atoms with Gasteiger partial charge in [0, 0.05) is 0 Å². The Morgan fingerprint density at radius 3 is 2.88 bits per heavy atom. The van der Waals surface area contributed by atoms with Crippen molar-refractivity contribution in [2.45, 2.75) is 13.8 Å². The van der Waals surface area contributed by atoms with Crippen LogP contribution in [0.1, 0.15) is 23.0 Å². The van der Waals surface area contributed by atoms with E-state index in [1.165, 1.54) is 6.07 Å². The van der Waals surface area contributed by atoms with Crippen LogP contribution in [0.5, 0.6) is 5.75 Å². The van der Waals surface area contributed by atoms with Gasteiger partial charge >= 0.3 is 5.97 Å². The molecule has 17 heavy (non-hydrogen) atoms. The smallest absolute Gasteiger partial charge is 0.342 e. The number of phenols is 1. The molecule has 0 aliphatic carbocycles. The van der Waals surface area contributed by atoms with E-state index in [0.717, 1.165) is 0 Å². The van der Waals surface area contributed by atoms with Gasteiger partial charge in [-0.2, -0.15) is 0 Å². The van der Waals surface area contributed by atoms with E-state index >= 15 is 0 Å². The highest BCUT2D eigenvalue weighted by atomic mass is 16.5. The molecule has 0 bridgehead atoms. The van der Waals surface area contributed by atoms with E-state index in [-0.39, 0.29) is 23.6 Å². The van der Waals surface area contributed by atoms with E-state index in [4.69, 9.17) is 14.9 Å². The van der Waals surface area contributed by atoms with Crippen LogP contribution < -0.4 is 5.73 Å². The fourth-order valence-electron chi connectivity index (χ4n) is 1.77. The number of hydrogen-bond donors (Lipinski definition) is 2. The summed E-state index contributed by atoms with van der Waals surface area (Å²) in [5, 5.41) is 9.95. The lowest BCUT2D eigenvalue weighted by atomic mass is 10.1. The summed E-state index contributed by atoms with van der Waals surface area (Å²) >= 11 is 0. The molecule has 0 amide bonds. The van der Waals surface area contributed by atoms with E-state index in [0.29, 0.717) is 16.7 Å². The van der Waals surface area contributed by atoms with Gasteiger partial charge in [0.1, 0.15) is 22.7 Å². The molecule has 5 heteroatoms. The zero-order valence-electron chi connectivity index (χ0n) is 9.61. The maximum absolute atomic E-state index is 11.8. The fraction of sp³-hybridized carbons (Fsp3) is 0.250. The number of ether oxygens (including phenoxy) is 1. The predicted molar refractivity (Wildman–Crippen MR) is 63.0 cm³/mol. The van der Waals surface area contributed by atoms with Crippen LogP contribution in [-0.2, 0) is 4.74 Å². The van der Waals surface area contributed by atoms with E-state index in [9.17, 15) is 9.90 Å². The molecule has 0 radical (unpaired) electrons. The number of benzene rings is 1. The van der Waals surface area contributed by atoms with Crippen molar-refractivity contribution in [2.75, 3.05) is 12.3 Å². The Kier molecular flexibility index (Phi) is 2.67. The highest BCUT2D eigenvalue weighted by molar-refractivity contribution is 6.10. The van der Waals surface area contributed by atoms with Gasteiger partial charge in [0.05, 0.1) is 17.7 Å². The second-order valence-corrected chi connectivity index (χ2v) is 3.63. The molecule has 0 saturated carbocycles. The molecule has 1 aromatic carbocycles. The van der Waals surface area contributed by atoms with Gasteiger partial charge in [0.25, 0.3) is 0 Å². The first-order valence-electron chi connectivity index (χ1n) is 5.24. The molecule has 0 saturated heterocycles. The molecule has 0 spiro atoms. The summed E-state index contributed by atoms with van der Waals surface area (Å²) in [6, 6.07) is 2.99. The topological polar surface area (TPSA) is 85.7 Å². The number of rotatable bonds is 2. The maximum atomic E-state index is 11.8. The lowest BCUT2D eigenvalue weighted by Gasteiger charge is -2.03. The molecule has 0 fully saturated rings. The van der Waals surface area contributed by atoms with Crippen LogP contribution in [0.15, 0.2) is 16.5 Å². The second kappa shape index (κ2) is 4.01. The number of furan rings is 1. The summed E-state index contributed by atoms with van der Waals surface area (Å²) in [6.07, 6.45) is 0. The van der Waals surface area contributed by atoms with Crippen molar-refractivity contribution in [3.8, 4) is 5.75 Å². The second-order valence-electron chi connectivity index (χ2n) is 3.63. The van der Waals surface area contributed by atoms with Crippen LogP contribution in [-0.4, -0.2) is 17.7 Å².